The van der Waals surface area contributed by atoms with E-state index in [1.54, 1.807) is 48.4 Å². The first-order valence-electron chi connectivity index (χ1n) is 14.6. The third-order valence-corrected chi connectivity index (χ3v) is 8.98. The molecule has 3 saturated heterocycles. The second-order valence-corrected chi connectivity index (χ2v) is 11.7. The summed E-state index contributed by atoms with van der Waals surface area (Å²) >= 11 is 0. The lowest BCUT2D eigenvalue weighted by Gasteiger charge is -2.40. The lowest BCUT2D eigenvalue weighted by atomic mass is 9.65. The second kappa shape index (κ2) is 12.4. The Bertz CT molecular complexity index is 1150. The fraction of sp³-hybridized carbons (Fsp3) is 0.594. The maximum atomic E-state index is 14.7. The summed E-state index contributed by atoms with van der Waals surface area (Å²) in [6, 6.07) is 5.47. The Hall–Kier alpha value is -3.17. The zero-order chi connectivity index (χ0) is 29.9. The van der Waals surface area contributed by atoms with Gasteiger partial charge in [0.2, 0.25) is 5.91 Å². The summed E-state index contributed by atoms with van der Waals surface area (Å²) in [7, 11) is 1.57. The van der Waals surface area contributed by atoms with Crippen LogP contribution in [0.3, 0.4) is 0 Å². The molecule has 2 unspecified atom stereocenters. The molecule has 3 aliphatic heterocycles. The predicted octanol–water partition coefficient (Wildman–Crippen LogP) is 3.90. The van der Waals surface area contributed by atoms with Crippen molar-refractivity contribution < 1.29 is 33.7 Å². The third kappa shape index (κ3) is 5.18. The number of rotatable bonds is 14. The van der Waals surface area contributed by atoms with Crippen LogP contribution >= 0.6 is 0 Å². The van der Waals surface area contributed by atoms with E-state index < -0.39 is 41.1 Å². The Kier molecular flexibility index (Phi) is 9.29. The summed E-state index contributed by atoms with van der Waals surface area (Å²) in [5.74, 6) is -2.08. The van der Waals surface area contributed by atoms with Crippen LogP contribution in [0.5, 0.6) is 5.75 Å². The molecule has 0 aliphatic carbocycles. The number of esters is 1. The Balaban J connectivity index is 1.83. The molecule has 3 heterocycles. The average molecular weight is 569 g/mol. The number of ether oxygens (including phenoxy) is 3. The van der Waals surface area contributed by atoms with E-state index in [4.69, 9.17) is 14.2 Å². The van der Waals surface area contributed by atoms with E-state index >= 15 is 0 Å². The monoisotopic (exact) mass is 568 g/mol. The number of carbonyl (C=O) groups excluding carboxylic acids is 3. The molecule has 224 valence electrons. The number of anilines is 1. The van der Waals surface area contributed by atoms with Crippen LogP contribution in [0.1, 0.15) is 52.9 Å². The van der Waals surface area contributed by atoms with Crippen LogP contribution in [0.2, 0.25) is 0 Å². The maximum Gasteiger partial charge on any atom is 0.312 e. The summed E-state index contributed by atoms with van der Waals surface area (Å²) in [5, 5.41) is 10.5. The minimum atomic E-state index is -1.22. The molecule has 1 aromatic carbocycles. The van der Waals surface area contributed by atoms with Gasteiger partial charge in [0.1, 0.15) is 23.3 Å². The SMILES string of the molecule is C=CCCOC(=O)[C@H]1[C@H]2C(=O)N([C@@H](CO)CC(C)C)C(C(=O)N(CC=C)c3ccc(OC)cc3)C23CC[C@]1(CC)O3. The number of nitrogens with zero attached hydrogens (tertiary/aromatic N) is 2. The zero-order valence-electron chi connectivity index (χ0n) is 24.7. The van der Waals surface area contributed by atoms with Gasteiger partial charge in [-0.2, -0.15) is 0 Å². The van der Waals surface area contributed by atoms with Gasteiger partial charge >= 0.3 is 5.97 Å². The Morgan fingerprint density at radius 1 is 1.22 bits per heavy atom. The Morgan fingerprint density at radius 2 is 1.93 bits per heavy atom. The van der Waals surface area contributed by atoms with Crippen LogP contribution in [-0.4, -0.2) is 77.9 Å². The molecule has 4 rings (SSSR count). The molecule has 2 amide bonds. The number of fused-ring (bicyclic) bond motifs is 1. The molecular weight excluding hydrogens is 524 g/mol. The van der Waals surface area contributed by atoms with E-state index in [2.05, 4.69) is 13.2 Å². The van der Waals surface area contributed by atoms with Crippen molar-refractivity contribution in [3.05, 3.63) is 49.6 Å². The van der Waals surface area contributed by atoms with Crippen LogP contribution in [0.4, 0.5) is 5.69 Å². The molecule has 41 heavy (non-hydrogen) atoms. The van der Waals surface area contributed by atoms with Gasteiger partial charge in [-0.15, -0.1) is 13.2 Å². The largest absolute Gasteiger partial charge is 0.497 e. The van der Waals surface area contributed by atoms with E-state index in [1.165, 1.54) is 4.90 Å². The summed E-state index contributed by atoms with van der Waals surface area (Å²) in [6.07, 6.45) is 5.78. The highest BCUT2D eigenvalue weighted by Crippen LogP contribution is 2.65. The van der Waals surface area contributed by atoms with Gasteiger partial charge in [-0.3, -0.25) is 14.4 Å². The average Bonchev–Trinajstić information content (AvgIpc) is 3.58. The molecular formula is C32H44N2O7. The highest BCUT2D eigenvalue weighted by molar-refractivity contribution is 6.05. The van der Waals surface area contributed by atoms with Crippen LogP contribution in [0.25, 0.3) is 0 Å². The Labute approximate surface area is 243 Å². The molecule has 1 aromatic rings. The number of hydrogen-bond acceptors (Lipinski definition) is 7. The molecule has 0 aromatic heterocycles. The lowest BCUT2D eigenvalue weighted by molar-refractivity contribution is -0.162. The highest BCUT2D eigenvalue weighted by atomic mass is 16.6. The van der Waals surface area contributed by atoms with Gasteiger partial charge in [0.15, 0.2) is 0 Å². The normalized spacial score (nSPS) is 28.9. The molecule has 6 atom stereocenters. The van der Waals surface area contributed by atoms with Gasteiger partial charge in [-0.1, -0.05) is 32.9 Å². The number of carbonyl (C=O) groups is 3. The molecule has 3 fully saturated rings. The van der Waals surface area contributed by atoms with E-state index in [-0.39, 0.29) is 37.5 Å². The van der Waals surface area contributed by atoms with E-state index in [0.717, 1.165) is 0 Å². The van der Waals surface area contributed by atoms with Gasteiger partial charge in [0.25, 0.3) is 5.91 Å². The molecule has 2 bridgehead atoms. The molecule has 3 aliphatic rings. The fourth-order valence-electron chi connectivity index (χ4n) is 7.20. The number of amides is 2. The van der Waals surface area contributed by atoms with E-state index in [0.29, 0.717) is 43.5 Å². The number of likely N-dealkylation sites (tertiary alicyclic amines) is 1. The lowest BCUT2D eigenvalue weighted by Crippen LogP contribution is -2.59. The van der Waals surface area contributed by atoms with Crippen molar-refractivity contribution in [1.29, 1.82) is 0 Å². The minimum Gasteiger partial charge on any atom is -0.497 e. The number of aliphatic hydroxyl groups excluding tert-OH is 1. The molecule has 9 nitrogen and oxygen atoms in total. The first kappa shape index (κ1) is 30.8. The van der Waals surface area contributed by atoms with Crippen LogP contribution < -0.4 is 9.64 Å². The number of aliphatic hydroxyl groups is 1. The van der Waals surface area contributed by atoms with Crippen molar-refractivity contribution in [2.75, 3.05) is 31.8 Å². The van der Waals surface area contributed by atoms with E-state index in [1.807, 2.05) is 20.8 Å². The topological polar surface area (TPSA) is 106 Å². The standard InChI is InChI=1S/C32H44N2O7/c1-7-10-18-40-30(38)26-25-28(36)34(23(20-35)19-21(4)5)27(32(25)16-15-31(26,9-3)41-32)29(37)33(17-8-2)22-11-13-24(39-6)14-12-22/h7-8,11-14,21,23,25-27,35H,1-2,9-10,15-20H2,3-6H3/t23-,25+,26-,27?,31+,32?/m1/s1. The summed E-state index contributed by atoms with van der Waals surface area (Å²) < 4.78 is 17.8. The van der Waals surface area contributed by atoms with Crippen molar-refractivity contribution in [2.24, 2.45) is 17.8 Å². The number of hydrogen-bond donors (Lipinski definition) is 1. The van der Waals surface area contributed by atoms with Gasteiger partial charge in [-0.25, -0.2) is 0 Å². The molecule has 0 saturated carbocycles. The Morgan fingerprint density at radius 3 is 2.49 bits per heavy atom. The number of benzene rings is 1. The van der Waals surface area contributed by atoms with Crippen molar-refractivity contribution in [2.45, 2.75) is 76.2 Å². The van der Waals surface area contributed by atoms with Crippen LogP contribution in [0.15, 0.2) is 49.6 Å². The molecule has 9 heteroatoms. The van der Waals surface area contributed by atoms with Crippen LogP contribution in [-0.2, 0) is 23.9 Å². The highest BCUT2D eigenvalue weighted by Gasteiger charge is 2.79. The first-order valence-corrected chi connectivity index (χ1v) is 14.6. The van der Waals surface area contributed by atoms with Crippen LogP contribution in [0, 0.1) is 17.8 Å². The van der Waals surface area contributed by atoms with Crippen molar-refractivity contribution in [3.63, 3.8) is 0 Å². The zero-order valence-corrected chi connectivity index (χ0v) is 24.7. The third-order valence-electron chi connectivity index (χ3n) is 8.98. The maximum absolute atomic E-state index is 14.7. The summed E-state index contributed by atoms with van der Waals surface area (Å²) in [6.45, 7) is 13.6. The van der Waals surface area contributed by atoms with Gasteiger partial charge in [0, 0.05) is 12.2 Å². The van der Waals surface area contributed by atoms with Gasteiger partial charge in [-0.05, 0) is 62.3 Å². The van der Waals surface area contributed by atoms with Crippen molar-refractivity contribution in [1.82, 2.24) is 4.90 Å². The molecule has 1 N–H and O–H groups in total. The van der Waals surface area contributed by atoms with Crippen molar-refractivity contribution in [3.8, 4) is 5.75 Å². The molecule has 0 radical (unpaired) electrons. The smallest absolute Gasteiger partial charge is 0.312 e. The number of methoxy groups -OCH3 is 1. The summed E-state index contributed by atoms with van der Waals surface area (Å²) in [5.41, 5.74) is -1.50. The quantitative estimate of drug-likeness (QED) is 0.206. The van der Waals surface area contributed by atoms with E-state index in [9.17, 15) is 19.5 Å². The molecule has 1 spiro atoms. The fourth-order valence-corrected chi connectivity index (χ4v) is 7.20. The minimum absolute atomic E-state index is 0.151. The van der Waals surface area contributed by atoms with Gasteiger partial charge < -0.3 is 29.1 Å². The summed E-state index contributed by atoms with van der Waals surface area (Å²) in [4.78, 5) is 45.9. The van der Waals surface area contributed by atoms with Crippen molar-refractivity contribution >= 4 is 23.5 Å². The first-order chi connectivity index (χ1) is 19.6. The predicted molar refractivity (Wildman–Crippen MR) is 155 cm³/mol. The second-order valence-electron chi connectivity index (χ2n) is 11.7. The van der Waals surface area contributed by atoms with Gasteiger partial charge in [0.05, 0.1) is 37.9 Å².